The molecular formula is C13H9NO4. The Morgan fingerprint density at radius 1 is 1.22 bits per heavy atom. The first-order valence-electron chi connectivity index (χ1n) is 5.21. The lowest BCUT2D eigenvalue weighted by Gasteiger charge is -2.10. The van der Waals surface area contributed by atoms with E-state index < -0.39 is 17.9 Å². The fourth-order valence-electron chi connectivity index (χ4n) is 1.59. The molecule has 2 rings (SSSR count). The first kappa shape index (κ1) is 11.9. The molecule has 1 aromatic rings. The number of nitrogens with zero attached hydrogens (tertiary/aromatic N) is 1. The zero-order valence-electron chi connectivity index (χ0n) is 9.60. The molecule has 5 heteroatoms. The lowest BCUT2D eigenvalue weighted by atomic mass is 10.1. The highest BCUT2D eigenvalue weighted by Crippen LogP contribution is 2.22. The molecule has 1 aromatic carbocycles. The van der Waals surface area contributed by atoms with E-state index in [4.69, 9.17) is 4.74 Å². The second-order valence-electron chi connectivity index (χ2n) is 3.47. The molecule has 0 atom stereocenters. The van der Waals surface area contributed by atoms with Crippen molar-refractivity contribution in [3.8, 4) is 11.8 Å². The van der Waals surface area contributed by atoms with Crippen LogP contribution in [0.1, 0.15) is 27.6 Å². The minimum absolute atomic E-state index is 0.150. The number of ether oxygens (including phenoxy) is 1. The molecule has 0 unspecified atom stereocenters. The summed E-state index contributed by atoms with van der Waals surface area (Å²) in [5.74, 6) is 3.72. The molecule has 5 nitrogen and oxygen atoms in total. The molecule has 0 saturated heterocycles. The summed E-state index contributed by atoms with van der Waals surface area (Å²) in [5, 5.41) is 0. The Morgan fingerprint density at radius 3 is 2.28 bits per heavy atom. The van der Waals surface area contributed by atoms with Gasteiger partial charge in [0.25, 0.3) is 11.8 Å². The van der Waals surface area contributed by atoms with Gasteiger partial charge < -0.3 is 4.74 Å². The van der Waals surface area contributed by atoms with E-state index in [0.717, 1.165) is 0 Å². The van der Waals surface area contributed by atoms with Crippen molar-refractivity contribution in [1.29, 1.82) is 0 Å². The van der Waals surface area contributed by atoms with E-state index >= 15 is 0 Å². The molecule has 1 aliphatic rings. The van der Waals surface area contributed by atoms with Crippen LogP contribution in [-0.4, -0.2) is 29.4 Å². The molecule has 0 fully saturated rings. The van der Waals surface area contributed by atoms with Gasteiger partial charge in [-0.15, -0.1) is 5.92 Å². The van der Waals surface area contributed by atoms with Gasteiger partial charge in [0.05, 0.1) is 11.1 Å². The third-order valence-electron chi connectivity index (χ3n) is 2.42. The van der Waals surface area contributed by atoms with Crippen LogP contribution in [0.15, 0.2) is 24.3 Å². The molecule has 0 radical (unpaired) electrons. The van der Waals surface area contributed by atoms with Gasteiger partial charge in [0.1, 0.15) is 0 Å². The number of carbonyl (C=O) groups excluding carboxylic acids is 3. The Balaban J connectivity index is 2.22. The van der Waals surface area contributed by atoms with Crippen molar-refractivity contribution in [2.75, 3.05) is 6.61 Å². The zero-order valence-corrected chi connectivity index (χ0v) is 9.60. The van der Waals surface area contributed by atoms with Crippen LogP contribution in [-0.2, 0) is 4.74 Å². The highest BCUT2D eigenvalue weighted by Gasteiger charge is 2.40. The van der Waals surface area contributed by atoms with E-state index in [0.29, 0.717) is 4.90 Å². The van der Waals surface area contributed by atoms with E-state index in [-0.39, 0.29) is 17.7 Å². The maximum atomic E-state index is 11.8. The van der Waals surface area contributed by atoms with Gasteiger partial charge in [-0.3, -0.25) is 9.59 Å². The van der Waals surface area contributed by atoms with Gasteiger partial charge in [0.2, 0.25) is 0 Å². The van der Waals surface area contributed by atoms with Gasteiger partial charge in [-0.25, -0.2) is 4.79 Å². The van der Waals surface area contributed by atoms with Gasteiger partial charge in [0, 0.05) is 0 Å². The van der Waals surface area contributed by atoms with Crippen LogP contribution >= 0.6 is 0 Å². The lowest BCUT2D eigenvalue weighted by molar-refractivity contribution is 0.0607. The van der Waals surface area contributed by atoms with Crippen LogP contribution in [0.2, 0.25) is 0 Å². The number of carbonyl (C=O) groups is 3. The van der Waals surface area contributed by atoms with Crippen molar-refractivity contribution in [2.45, 2.75) is 6.92 Å². The van der Waals surface area contributed by atoms with Crippen LogP contribution in [0.4, 0.5) is 4.79 Å². The molecule has 0 N–H and O–H groups in total. The molecule has 0 bridgehead atoms. The highest BCUT2D eigenvalue weighted by molar-refractivity contribution is 6.28. The summed E-state index contributed by atoms with van der Waals surface area (Å²) < 4.78 is 4.71. The molecule has 0 spiro atoms. The van der Waals surface area contributed by atoms with Gasteiger partial charge >= 0.3 is 6.09 Å². The average molecular weight is 243 g/mol. The molecule has 0 aromatic heterocycles. The summed E-state index contributed by atoms with van der Waals surface area (Å²) in [4.78, 5) is 35.8. The molecule has 18 heavy (non-hydrogen) atoms. The van der Waals surface area contributed by atoms with E-state index in [1.807, 2.05) is 0 Å². The van der Waals surface area contributed by atoms with Crippen LogP contribution in [0.3, 0.4) is 0 Å². The molecular weight excluding hydrogens is 234 g/mol. The van der Waals surface area contributed by atoms with Crippen molar-refractivity contribution >= 4 is 17.9 Å². The molecule has 0 aliphatic carbocycles. The Kier molecular flexibility index (Phi) is 3.11. The Labute approximate surface area is 103 Å². The van der Waals surface area contributed by atoms with Crippen LogP contribution < -0.4 is 0 Å². The standard InChI is InChI=1S/C13H9NO4/c1-2-3-8-18-13(17)14-11(15)9-6-4-5-7-10(9)12(14)16/h4-7H,8H2,1H3. The number of imide groups is 3. The van der Waals surface area contributed by atoms with Crippen molar-refractivity contribution < 1.29 is 19.1 Å². The molecule has 0 saturated carbocycles. The largest absolute Gasteiger partial charge is 0.436 e. The summed E-state index contributed by atoms with van der Waals surface area (Å²) in [7, 11) is 0. The maximum absolute atomic E-state index is 11.8. The van der Waals surface area contributed by atoms with Gasteiger partial charge in [-0.1, -0.05) is 18.1 Å². The first-order valence-corrected chi connectivity index (χ1v) is 5.21. The number of hydrogen-bond acceptors (Lipinski definition) is 4. The summed E-state index contributed by atoms with van der Waals surface area (Å²) in [6.07, 6.45) is -0.996. The predicted octanol–water partition coefficient (Wildman–Crippen LogP) is 1.44. The summed E-state index contributed by atoms with van der Waals surface area (Å²) >= 11 is 0. The summed E-state index contributed by atoms with van der Waals surface area (Å²) in [6.45, 7) is 1.44. The topological polar surface area (TPSA) is 63.7 Å². The lowest BCUT2D eigenvalue weighted by Crippen LogP contribution is -2.36. The second-order valence-corrected chi connectivity index (χ2v) is 3.47. The molecule has 3 amide bonds. The summed E-state index contributed by atoms with van der Waals surface area (Å²) in [6, 6.07) is 6.24. The fourth-order valence-corrected chi connectivity index (χ4v) is 1.59. The predicted molar refractivity (Wildman–Crippen MR) is 61.7 cm³/mol. The number of fused-ring (bicyclic) bond motifs is 1. The minimum Gasteiger partial charge on any atom is -0.436 e. The third kappa shape index (κ3) is 1.84. The smallest absolute Gasteiger partial charge is 0.425 e. The molecule has 1 aliphatic heterocycles. The van der Waals surface area contributed by atoms with E-state index in [2.05, 4.69) is 11.8 Å². The van der Waals surface area contributed by atoms with E-state index in [1.165, 1.54) is 12.1 Å². The molecule has 90 valence electrons. The van der Waals surface area contributed by atoms with Crippen molar-refractivity contribution in [3.05, 3.63) is 35.4 Å². The Hall–Kier alpha value is -2.61. The van der Waals surface area contributed by atoms with Crippen LogP contribution in [0.5, 0.6) is 0 Å². The number of amides is 3. The third-order valence-corrected chi connectivity index (χ3v) is 2.42. The summed E-state index contributed by atoms with van der Waals surface area (Å²) in [5.41, 5.74) is 0.419. The van der Waals surface area contributed by atoms with Crippen molar-refractivity contribution in [2.24, 2.45) is 0 Å². The van der Waals surface area contributed by atoms with E-state index in [9.17, 15) is 14.4 Å². The fraction of sp³-hybridized carbons (Fsp3) is 0.154. The zero-order chi connectivity index (χ0) is 13.1. The Bertz CT molecular complexity index is 559. The first-order chi connectivity index (χ1) is 8.66. The quantitative estimate of drug-likeness (QED) is 0.553. The Morgan fingerprint density at radius 2 is 1.78 bits per heavy atom. The van der Waals surface area contributed by atoms with Gasteiger partial charge in [-0.05, 0) is 19.1 Å². The maximum Gasteiger partial charge on any atom is 0.425 e. The normalized spacial score (nSPS) is 12.8. The van der Waals surface area contributed by atoms with Crippen LogP contribution in [0.25, 0.3) is 0 Å². The second kappa shape index (κ2) is 4.72. The monoisotopic (exact) mass is 243 g/mol. The van der Waals surface area contributed by atoms with Crippen molar-refractivity contribution in [1.82, 2.24) is 4.90 Å². The minimum atomic E-state index is -0.996. The van der Waals surface area contributed by atoms with Crippen LogP contribution in [0, 0.1) is 11.8 Å². The van der Waals surface area contributed by atoms with Gasteiger partial charge in [0.15, 0.2) is 6.61 Å². The highest BCUT2D eigenvalue weighted by atomic mass is 16.6. The number of hydrogen-bond donors (Lipinski definition) is 0. The van der Waals surface area contributed by atoms with Crippen molar-refractivity contribution in [3.63, 3.8) is 0 Å². The average Bonchev–Trinajstić information content (AvgIpc) is 2.63. The number of rotatable bonds is 1. The number of benzene rings is 1. The molecule has 1 heterocycles. The van der Waals surface area contributed by atoms with Gasteiger partial charge in [-0.2, -0.15) is 4.90 Å². The van der Waals surface area contributed by atoms with E-state index in [1.54, 1.807) is 19.1 Å². The SMILES string of the molecule is CC#CCOC(=O)N1C(=O)c2ccccc2C1=O.